The van der Waals surface area contributed by atoms with Gasteiger partial charge in [-0.15, -0.1) is 0 Å². The van der Waals surface area contributed by atoms with Crippen molar-refractivity contribution in [1.82, 2.24) is 0 Å². The summed E-state index contributed by atoms with van der Waals surface area (Å²) in [6.07, 6.45) is 0. The van der Waals surface area contributed by atoms with E-state index < -0.39 is 17.5 Å². The third-order valence-corrected chi connectivity index (χ3v) is 3.31. The lowest BCUT2D eigenvalue weighted by molar-refractivity contribution is 0.496. The normalized spacial score (nSPS) is 10.7. The fraction of sp³-hybridized carbons (Fsp3) is 0.250. The molecule has 4 heteroatoms. The molecule has 0 amide bonds. The maximum absolute atomic E-state index is 13.5. The van der Waals surface area contributed by atoms with Crippen molar-refractivity contribution in [1.29, 1.82) is 0 Å². The van der Waals surface area contributed by atoms with Crippen molar-refractivity contribution in [2.24, 2.45) is 0 Å². The molecule has 0 aliphatic carbocycles. The van der Waals surface area contributed by atoms with Gasteiger partial charge in [0.1, 0.15) is 5.82 Å². The third kappa shape index (κ3) is 2.95. The number of aryl methyl sites for hydroxylation is 3. The van der Waals surface area contributed by atoms with Gasteiger partial charge in [0, 0.05) is 18.7 Å². The van der Waals surface area contributed by atoms with Crippen LogP contribution in [0.25, 0.3) is 0 Å². The Morgan fingerprint density at radius 3 is 1.95 bits per heavy atom. The van der Waals surface area contributed by atoms with Gasteiger partial charge in [-0.1, -0.05) is 17.7 Å². The average molecular weight is 279 g/mol. The molecular weight excluding hydrogens is 263 g/mol. The molecule has 1 nitrogen and oxygen atoms in total. The molecule has 0 aliphatic rings. The summed E-state index contributed by atoms with van der Waals surface area (Å²) in [4.78, 5) is 0. The zero-order valence-corrected chi connectivity index (χ0v) is 11.7. The molecule has 0 atom stereocenters. The average Bonchev–Trinajstić information content (AvgIpc) is 2.33. The molecule has 0 saturated heterocycles. The van der Waals surface area contributed by atoms with E-state index in [1.54, 1.807) is 0 Å². The highest BCUT2D eigenvalue weighted by Gasteiger charge is 2.10. The summed E-state index contributed by atoms with van der Waals surface area (Å²) in [6, 6.07) is 5.45. The van der Waals surface area contributed by atoms with Gasteiger partial charge in [-0.3, -0.25) is 0 Å². The molecule has 0 saturated carbocycles. The molecule has 0 radical (unpaired) electrons. The Hall–Kier alpha value is -1.97. The molecule has 2 aromatic rings. The second kappa shape index (κ2) is 5.57. The summed E-state index contributed by atoms with van der Waals surface area (Å²) in [6.45, 7) is 6.31. The third-order valence-electron chi connectivity index (χ3n) is 3.31. The van der Waals surface area contributed by atoms with Gasteiger partial charge < -0.3 is 5.32 Å². The van der Waals surface area contributed by atoms with Crippen LogP contribution in [0.4, 0.5) is 18.9 Å². The number of benzene rings is 2. The summed E-state index contributed by atoms with van der Waals surface area (Å²) in [5, 5.41) is 2.82. The minimum atomic E-state index is -1.18. The SMILES string of the molecule is Cc1cc(C)c(CNc2cc(F)c(F)cc2F)c(C)c1. The quantitative estimate of drug-likeness (QED) is 0.807. The van der Waals surface area contributed by atoms with E-state index in [0.29, 0.717) is 12.6 Å². The van der Waals surface area contributed by atoms with Crippen molar-refractivity contribution in [2.75, 3.05) is 5.32 Å². The van der Waals surface area contributed by atoms with E-state index in [2.05, 4.69) is 5.32 Å². The van der Waals surface area contributed by atoms with Crippen molar-refractivity contribution in [3.05, 3.63) is 64.0 Å². The predicted octanol–water partition coefficient (Wildman–Crippen LogP) is 4.64. The lowest BCUT2D eigenvalue weighted by Crippen LogP contribution is -2.06. The number of hydrogen-bond donors (Lipinski definition) is 1. The lowest BCUT2D eigenvalue weighted by Gasteiger charge is -2.14. The first-order valence-corrected chi connectivity index (χ1v) is 6.33. The van der Waals surface area contributed by atoms with Gasteiger partial charge in [0.15, 0.2) is 11.6 Å². The molecule has 2 rings (SSSR count). The van der Waals surface area contributed by atoms with Crippen LogP contribution in [0.5, 0.6) is 0 Å². The molecule has 0 fully saturated rings. The molecule has 0 aliphatic heterocycles. The van der Waals surface area contributed by atoms with Crippen LogP contribution in [0.2, 0.25) is 0 Å². The van der Waals surface area contributed by atoms with E-state index in [-0.39, 0.29) is 5.69 Å². The second-order valence-corrected chi connectivity index (χ2v) is 4.98. The molecule has 106 valence electrons. The van der Waals surface area contributed by atoms with Crippen molar-refractivity contribution in [3.63, 3.8) is 0 Å². The highest BCUT2D eigenvalue weighted by Crippen LogP contribution is 2.21. The van der Waals surface area contributed by atoms with E-state index in [1.165, 1.54) is 0 Å². The van der Waals surface area contributed by atoms with Gasteiger partial charge >= 0.3 is 0 Å². The first kappa shape index (κ1) is 14.4. The molecule has 0 unspecified atom stereocenters. The van der Waals surface area contributed by atoms with Gasteiger partial charge in [0.05, 0.1) is 5.69 Å². The van der Waals surface area contributed by atoms with Gasteiger partial charge in [0.2, 0.25) is 0 Å². The molecule has 0 heterocycles. The Kier molecular flexibility index (Phi) is 4.02. The highest BCUT2D eigenvalue weighted by molar-refractivity contribution is 5.47. The van der Waals surface area contributed by atoms with E-state index >= 15 is 0 Å². The molecule has 1 N–H and O–H groups in total. The van der Waals surface area contributed by atoms with Crippen molar-refractivity contribution < 1.29 is 13.2 Å². The van der Waals surface area contributed by atoms with Crippen LogP contribution in [0.3, 0.4) is 0 Å². The van der Waals surface area contributed by atoms with Crippen LogP contribution >= 0.6 is 0 Å². The summed E-state index contributed by atoms with van der Waals surface area (Å²) in [5.74, 6) is -3.05. The van der Waals surface area contributed by atoms with Gasteiger partial charge in [0.25, 0.3) is 0 Å². The molecule has 0 aromatic heterocycles. The van der Waals surface area contributed by atoms with Crippen LogP contribution in [0.15, 0.2) is 24.3 Å². The standard InChI is InChI=1S/C16H16F3N/c1-9-4-10(2)12(11(3)5-9)8-20-16-7-14(18)13(17)6-15(16)19/h4-7,20H,8H2,1-3H3. The van der Waals surface area contributed by atoms with E-state index in [9.17, 15) is 13.2 Å². The maximum Gasteiger partial charge on any atom is 0.161 e. The van der Waals surface area contributed by atoms with Crippen LogP contribution in [-0.2, 0) is 6.54 Å². The Bertz CT molecular complexity index is 627. The highest BCUT2D eigenvalue weighted by atomic mass is 19.2. The zero-order valence-electron chi connectivity index (χ0n) is 11.7. The van der Waals surface area contributed by atoms with Crippen molar-refractivity contribution in [2.45, 2.75) is 27.3 Å². The smallest absolute Gasteiger partial charge is 0.161 e. The Labute approximate surface area is 116 Å². The first-order valence-electron chi connectivity index (χ1n) is 6.33. The zero-order chi connectivity index (χ0) is 14.9. The van der Waals surface area contributed by atoms with E-state index in [1.807, 2.05) is 32.9 Å². The summed E-state index contributed by atoms with van der Waals surface area (Å²) in [7, 11) is 0. The van der Waals surface area contributed by atoms with Gasteiger partial charge in [-0.2, -0.15) is 0 Å². The lowest BCUT2D eigenvalue weighted by atomic mass is 10.00. The summed E-state index contributed by atoms with van der Waals surface area (Å²) < 4.78 is 39.5. The van der Waals surface area contributed by atoms with Crippen LogP contribution in [0, 0.1) is 38.2 Å². The van der Waals surface area contributed by atoms with Crippen molar-refractivity contribution >= 4 is 5.69 Å². The summed E-state index contributed by atoms with van der Waals surface area (Å²) >= 11 is 0. The fourth-order valence-corrected chi connectivity index (χ4v) is 2.33. The number of rotatable bonds is 3. The molecular formula is C16H16F3N. The van der Waals surface area contributed by atoms with Crippen molar-refractivity contribution in [3.8, 4) is 0 Å². The number of hydrogen-bond acceptors (Lipinski definition) is 1. The number of halogens is 3. The summed E-state index contributed by atoms with van der Waals surface area (Å²) in [5.41, 5.74) is 4.31. The Morgan fingerprint density at radius 1 is 0.800 bits per heavy atom. The predicted molar refractivity (Wildman–Crippen MR) is 74.3 cm³/mol. The molecule has 0 bridgehead atoms. The Balaban J connectivity index is 2.23. The van der Waals surface area contributed by atoms with Crippen LogP contribution in [0.1, 0.15) is 22.3 Å². The number of anilines is 1. The topological polar surface area (TPSA) is 12.0 Å². The molecule has 0 spiro atoms. The van der Waals surface area contributed by atoms with E-state index in [4.69, 9.17) is 0 Å². The van der Waals surface area contributed by atoms with Gasteiger partial charge in [-0.05, 0) is 37.5 Å². The fourth-order valence-electron chi connectivity index (χ4n) is 2.33. The minimum Gasteiger partial charge on any atom is -0.378 e. The number of nitrogens with one attached hydrogen (secondary N) is 1. The van der Waals surface area contributed by atoms with Crippen LogP contribution < -0.4 is 5.32 Å². The largest absolute Gasteiger partial charge is 0.378 e. The second-order valence-electron chi connectivity index (χ2n) is 4.98. The van der Waals surface area contributed by atoms with Crippen LogP contribution in [-0.4, -0.2) is 0 Å². The first-order chi connectivity index (χ1) is 9.38. The van der Waals surface area contributed by atoms with E-state index in [0.717, 1.165) is 28.3 Å². The van der Waals surface area contributed by atoms with Gasteiger partial charge in [-0.25, -0.2) is 13.2 Å². The Morgan fingerprint density at radius 2 is 1.35 bits per heavy atom. The monoisotopic (exact) mass is 279 g/mol. The minimum absolute atomic E-state index is 0.0386. The molecule has 20 heavy (non-hydrogen) atoms. The maximum atomic E-state index is 13.5. The molecule has 2 aromatic carbocycles.